The summed E-state index contributed by atoms with van der Waals surface area (Å²) in [5.41, 5.74) is 11.1. The number of carbonyl (C=O) groups excluding carboxylic acids is 6. The number of aromatic amines is 2. The first-order valence-electron chi connectivity index (χ1n) is 20.7. The van der Waals surface area contributed by atoms with Gasteiger partial charge in [-0.3, -0.25) is 34.2 Å². The topological polar surface area (TPSA) is 236 Å². The van der Waals surface area contributed by atoms with Crippen LogP contribution >= 0.6 is 0 Å². The summed E-state index contributed by atoms with van der Waals surface area (Å²) in [6.07, 6.45) is 10.6. The number of hydrogen-bond acceptors (Lipinski definition) is 9. The van der Waals surface area contributed by atoms with Crippen LogP contribution in [0.25, 0.3) is 10.9 Å². The minimum absolute atomic E-state index is 0.119. The molecule has 3 aromatic rings. The molecule has 5 heterocycles. The molecule has 3 aliphatic heterocycles. The van der Waals surface area contributed by atoms with E-state index >= 15 is 0 Å². The summed E-state index contributed by atoms with van der Waals surface area (Å²) < 4.78 is 0. The summed E-state index contributed by atoms with van der Waals surface area (Å²) in [5, 5.41) is 3.94. The zero-order valence-corrected chi connectivity index (χ0v) is 33.8. The Labute approximate surface area is 338 Å². The highest BCUT2D eigenvalue weighted by Gasteiger charge is 2.45. The lowest BCUT2D eigenvalue weighted by atomic mass is 9.92. The van der Waals surface area contributed by atoms with E-state index in [-0.39, 0.29) is 30.6 Å². The van der Waals surface area contributed by atoms with E-state index in [1.165, 1.54) is 16.1 Å². The molecule has 7 atom stereocenters. The van der Waals surface area contributed by atoms with Crippen molar-refractivity contribution in [3.63, 3.8) is 0 Å². The Hall–Kier alpha value is -5.29. The quantitative estimate of drug-likeness (QED) is 0.0777. The van der Waals surface area contributed by atoms with Gasteiger partial charge in [0.25, 0.3) is 5.91 Å². The number of nitrogens with zero attached hydrogens (tertiary/aromatic N) is 5. The summed E-state index contributed by atoms with van der Waals surface area (Å²) in [7, 11) is 1.56. The largest absolute Gasteiger partial charge is 0.361 e. The van der Waals surface area contributed by atoms with Gasteiger partial charge in [-0.25, -0.2) is 10.8 Å². The van der Waals surface area contributed by atoms with Crippen LogP contribution in [-0.4, -0.2) is 133 Å². The number of likely N-dealkylation sites (N-methyl/N-ethyl adjacent to an activating group) is 1. The van der Waals surface area contributed by atoms with Gasteiger partial charge in [-0.05, 0) is 75.3 Å². The van der Waals surface area contributed by atoms with E-state index in [1.54, 1.807) is 23.0 Å². The number of amides is 6. The molecule has 3 fully saturated rings. The van der Waals surface area contributed by atoms with Crippen LogP contribution in [-0.2, 0) is 41.6 Å². The fourth-order valence-corrected chi connectivity index (χ4v) is 8.82. The maximum Gasteiger partial charge on any atom is 0.256 e. The Morgan fingerprint density at radius 3 is 2.26 bits per heavy atom. The Kier molecular flexibility index (Phi) is 13.8. The van der Waals surface area contributed by atoms with Crippen LogP contribution in [0.3, 0.4) is 0 Å². The Morgan fingerprint density at radius 2 is 1.55 bits per heavy atom. The first kappa shape index (κ1) is 42.3. The molecule has 2 aromatic heterocycles. The lowest BCUT2D eigenvalue weighted by molar-refractivity contribution is -0.158. The minimum Gasteiger partial charge on any atom is -0.361 e. The van der Waals surface area contributed by atoms with Crippen molar-refractivity contribution in [3.8, 4) is 0 Å². The standard InChI is InChI=1S/C41H59N11O6/c1-4-25(2)35(47-36(53)29(42)20-26-22-45-30-13-6-5-12-28(26)30)41(58)52-18-10-8-15-33(52)39(56)51-17-9-7-14-32(51)38(55)49(3)34(21-27-23-44-24-46-27)40(57)50-19-11-16-31(50)37(54)48-43/h5-6,12-13,22-25,29,31-35,45H,4,7-11,14-21,42-43H2,1-3H3,(H,44,46)(H,47,53)(H,48,54)/t25?,29-,31+,32+,33-,34-,35+/m1/s1. The van der Waals surface area contributed by atoms with Crippen molar-refractivity contribution in [1.82, 2.24) is 45.3 Å². The molecular weight excluding hydrogens is 743 g/mol. The van der Waals surface area contributed by atoms with Crippen LogP contribution in [0.15, 0.2) is 43.0 Å². The molecule has 0 aliphatic carbocycles. The van der Waals surface area contributed by atoms with Crippen molar-refractivity contribution in [2.75, 3.05) is 26.7 Å². The number of carbonyl (C=O) groups is 6. The van der Waals surface area contributed by atoms with Gasteiger partial charge in [0, 0.05) is 62.1 Å². The van der Waals surface area contributed by atoms with Crippen molar-refractivity contribution in [1.29, 1.82) is 0 Å². The number of aromatic nitrogens is 3. The van der Waals surface area contributed by atoms with Gasteiger partial charge < -0.3 is 40.6 Å². The molecular formula is C41H59N11O6. The average Bonchev–Trinajstić information content (AvgIpc) is 4.05. The van der Waals surface area contributed by atoms with E-state index in [0.717, 1.165) is 22.9 Å². The number of piperidine rings is 2. The third-order valence-corrected chi connectivity index (χ3v) is 12.4. The van der Waals surface area contributed by atoms with Gasteiger partial charge in [0.05, 0.1) is 12.4 Å². The summed E-state index contributed by atoms with van der Waals surface area (Å²) in [5.74, 6) is 2.83. The van der Waals surface area contributed by atoms with Gasteiger partial charge in [-0.2, -0.15) is 0 Å². The summed E-state index contributed by atoms with van der Waals surface area (Å²) in [4.78, 5) is 101. The van der Waals surface area contributed by atoms with E-state index in [1.807, 2.05) is 44.3 Å². The molecule has 0 radical (unpaired) electrons. The highest BCUT2D eigenvalue weighted by molar-refractivity contribution is 5.97. The predicted octanol–water partition coefficient (Wildman–Crippen LogP) is 1.10. The maximum atomic E-state index is 14.7. The molecule has 0 saturated carbocycles. The Bertz CT molecular complexity index is 1930. The van der Waals surface area contributed by atoms with Crippen molar-refractivity contribution < 1.29 is 28.8 Å². The van der Waals surface area contributed by atoms with Crippen molar-refractivity contribution in [2.24, 2.45) is 17.5 Å². The number of hydrazine groups is 1. The summed E-state index contributed by atoms with van der Waals surface area (Å²) >= 11 is 0. The number of nitrogens with one attached hydrogen (secondary N) is 4. The van der Waals surface area contributed by atoms with Gasteiger partial charge in [-0.1, -0.05) is 38.5 Å². The first-order chi connectivity index (χ1) is 27.9. The number of hydrogen-bond donors (Lipinski definition) is 6. The number of para-hydroxylation sites is 1. The maximum absolute atomic E-state index is 14.7. The fraction of sp³-hybridized carbons (Fsp3) is 0.585. The van der Waals surface area contributed by atoms with Crippen LogP contribution in [0, 0.1) is 5.92 Å². The number of rotatable bonds is 14. The van der Waals surface area contributed by atoms with E-state index < -0.39 is 59.9 Å². The molecule has 3 saturated heterocycles. The fourth-order valence-electron chi connectivity index (χ4n) is 8.82. The van der Waals surface area contributed by atoms with Gasteiger partial charge in [0.1, 0.15) is 30.2 Å². The third kappa shape index (κ3) is 9.04. The van der Waals surface area contributed by atoms with Crippen LogP contribution < -0.4 is 22.3 Å². The summed E-state index contributed by atoms with van der Waals surface area (Å²) in [6.45, 7) is 4.84. The highest BCUT2D eigenvalue weighted by atomic mass is 16.2. The second kappa shape index (κ2) is 19.0. The van der Waals surface area contributed by atoms with E-state index in [2.05, 4.69) is 25.7 Å². The molecule has 6 amide bonds. The highest BCUT2D eigenvalue weighted by Crippen LogP contribution is 2.28. The number of likely N-dealkylation sites (tertiary alicyclic amines) is 3. The van der Waals surface area contributed by atoms with E-state index in [9.17, 15) is 28.8 Å². The van der Waals surface area contributed by atoms with E-state index in [4.69, 9.17) is 11.6 Å². The molecule has 8 N–H and O–H groups in total. The lowest BCUT2D eigenvalue weighted by Crippen LogP contribution is -2.63. The third-order valence-electron chi connectivity index (χ3n) is 12.4. The molecule has 17 nitrogen and oxygen atoms in total. The SMILES string of the molecule is CCC(C)[C@H](NC(=O)[C@H](N)Cc1c[nH]c2ccccc12)C(=O)N1CCCC[C@@H]1C(=O)N1CCCC[C@H]1C(=O)N(C)[C@H](Cc1cnc[nH]1)C(=O)N1CCC[C@H]1C(=O)NN. The number of fused-ring (bicyclic) bond motifs is 1. The normalized spacial score (nSPS) is 21.9. The molecule has 1 unspecified atom stereocenters. The molecule has 0 bridgehead atoms. The van der Waals surface area contributed by atoms with Gasteiger partial charge in [-0.15, -0.1) is 0 Å². The zero-order valence-electron chi connectivity index (χ0n) is 33.8. The van der Waals surface area contributed by atoms with Crippen molar-refractivity contribution in [2.45, 2.75) is 121 Å². The van der Waals surface area contributed by atoms with Crippen molar-refractivity contribution >= 4 is 46.3 Å². The molecule has 6 rings (SSSR count). The van der Waals surface area contributed by atoms with E-state index in [0.29, 0.717) is 76.7 Å². The second-order valence-electron chi connectivity index (χ2n) is 16.1. The van der Waals surface area contributed by atoms with Crippen LogP contribution in [0.1, 0.15) is 82.9 Å². The monoisotopic (exact) mass is 801 g/mol. The molecule has 3 aliphatic rings. The van der Waals surface area contributed by atoms with Crippen LogP contribution in [0.5, 0.6) is 0 Å². The minimum atomic E-state index is -0.993. The molecule has 314 valence electrons. The van der Waals surface area contributed by atoms with Gasteiger partial charge in [0.15, 0.2) is 0 Å². The Morgan fingerprint density at radius 1 is 0.879 bits per heavy atom. The smallest absolute Gasteiger partial charge is 0.256 e. The van der Waals surface area contributed by atoms with Crippen molar-refractivity contribution in [3.05, 3.63) is 54.2 Å². The van der Waals surface area contributed by atoms with Crippen LogP contribution in [0.2, 0.25) is 0 Å². The number of imidazole rings is 1. The number of nitrogens with two attached hydrogens (primary N) is 2. The molecule has 0 spiro atoms. The zero-order chi connectivity index (χ0) is 41.5. The van der Waals surface area contributed by atoms with Crippen LogP contribution in [0.4, 0.5) is 0 Å². The Balaban J connectivity index is 1.19. The first-order valence-corrected chi connectivity index (χ1v) is 20.7. The molecule has 58 heavy (non-hydrogen) atoms. The molecule has 17 heteroatoms. The average molecular weight is 802 g/mol. The van der Waals surface area contributed by atoms with Gasteiger partial charge >= 0.3 is 0 Å². The lowest BCUT2D eigenvalue weighted by Gasteiger charge is -2.44. The summed E-state index contributed by atoms with van der Waals surface area (Å²) in [6, 6.07) is 2.52. The van der Waals surface area contributed by atoms with Gasteiger partial charge in [0.2, 0.25) is 29.5 Å². The molecule has 1 aromatic carbocycles. The predicted molar refractivity (Wildman–Crippen MR) is 216 cm³/mol. The second-order valence-corrected chi connectivity index (χ2v) is 16.1. The number of benzene rings is 1. The number of H-pyrrole nitrogens is 2.